The molecule has 1 spiro atoms. The molecule has 4 aliphatic heterocycles. The van der Waals surface area contributed by atoms with Gasteiger partial charge in [0.1, 0.15) is 17.4 Å². The Kier molecular flexibility index (Phi) is 2.50. The van der Waals surface area contributed by atoms with E-state index in [0.29, 0.717) is 12.0 Å². The first-order valence-electron chi connectivity index (χ1n) is 12.2. The Morgan fingerprint density at radius 1 is 0.824 bits per heavy atom. The van der Waals surface area contributed by atoms with E-state index in [1.54, 1.807) is 0 Å². The van der Waals surface area contributed by atoms with Crippen LogP contribution in [0.2, 0.25) is 0 Å². The SMILES string of the molecule is c1ccc2c(c1)C[C@H]1OC3=[N+](C4C5c6c(cccc63)Oc3cccc6c3C54[n+]3ccccc3-6)[C@@H]21. The van der Waals surface area contributed by atoms with E-state index in [1.165, 1.54) is 39.1 Å². The molecule has 0 amide bonds. The van der Waals surface area contributed by atoms with Crippen LogP contribution in [0.25, 0.3) is 11.3 Å². The van der Waals surface area contributed by atoms with Crippen molar-refractivity contribution in [3.63, 3.8) is 0 Å². The minimum atomic E-state index is -0.179. The van der Waals surface area contributed by atoms with E-state index in [0.717, 1.165) is 23.8 Å². The highest BCUT2D eigenvalue weighted by Gasteiger charge is 2.89. The zero-order valence-electron chi connectivity index (χ0n) is 18.3. The van der Waals surface area contributed by atoms with Crippen molar-refractivity contribution in [2.24, 2.45) is 0 Å². The van der Waals surface area contributed by atoms with Gasteiger partial charge in [0.05, 0.1) is 16.7 Å². The molecule has 160 valence electrons. The van der Waals surface area contributed by atoms with E-state index in [9.17, 15) is 0 Å². The standard InChI is InChI=1S/C30H20N2O2/c1-2-8-17-16(7-1)15-23-27(17)32-28-26-24-19(29(32)34-23)10-6-12-21(24)33-22-13-5-9-18-20-11-3-4-14-31(20)30(26,28)25(18)22/h1-14,23,26-28H,15H2/q+2/t23-,26?,27+,28?,30?/m1/s1. The molecule has 4 nitrogen and oxygen atoms in total. The first kappa shape index (κ1) is 16.7. The smallest absolute Gasteiger partial charge is 0.372 e. The molecule has 0 saturated heterocycles. The molecule has 1 saturated carbocycles. The number of hydrogen-bond donors (Lipinski definition) is 0. The minimum Gasteiger partial charge on any atom is -0.456 e. The molecule has 3 aromatic carbocycles. The molecule has 3 unspecified atom stereocenters. The summed E-state index contributed by atoms with van der Waals surface area (Å²) in [5.41, 5.74) is 9.13. The predicted molar refractivity (Wildman–Crippen MR) is 124 cm³/mol. The number of ether oxygens (including phenoxy) is 2. The molecule has 0 bridgehead atoms. The van der Waals surface area contributed by atoms with E-state index in [2.05, 4.69) is 94.2 Å². The summed E-state index contributed by atoms with van der Waals surface area (Å²) in [6, 6.07) is 29.1. The second-order valence-corrected chi connectivity index (χ2v) is 10.4. The molecule has 1 fully saturated rings. The Hall–Kier alpha value is -3.92. The van der Waals surface area contributed by atoms with Crippen molar-refractivity contribution in [3.05, 3.63) is 113 Å². The van der Waals surface area contributed by atoms with Crippen LogP contribution in [0.15, 0.2) is 85.1 Å². The largest absolute Gasteiger partial charge is 0.456 e. The van der Waals surface area contributed by atoms with Gasteiger partial charge in [-0.2, -0.15) is 9.14 Å². The first-order valence-corrected chi connectivity index (χ1v) is 12.2. The third-order valence-corrected chi connectivity index (χ3v) is 9.16. The fourth-order valence-electron chi connectivity index (χ4n) is 8.12. The monoisotopic (exact) mass is 440 g/mol. The summed E-state index contributed by atoms with van der Waals surface area (Å²) in [7, 11) is 0. The summed E-state index contributed by atoms with van der Waals surface area (Å²) in [5, 5.41) is 0. The molecule has 5 heterocycles. The van der Waals surface area contributed by atoms with Crippen molar-refractivity contribution in [1.82, 2.24) is 0 Å². The molecule has 5 atom stereocenters. The third-order valence-electron chi connectivity index (χ3n) is 9.16. The summed E-state index contributed by atoms with van der Waals surface area (Å²) in [5.74, 6) is 3.36. The lowest BCUT2D eigenvalue weighted by atomic mass is 9.94. The van der Waals surface area contributed by atoms with Gasteiger partial charge in [0.15, 0.2) is 12.3 Å². The molecule has 10 rings (SSSR count). The fraction of sp³-hybridized carbons (Fsp3) is 0.200. The zero-order chi connectivity index (χ0) is 21.8. The van der Waals surface area contributed by atoms with E-state index in [-0.39, 0.29) is 17.7 Å². The fourth-order valence-corrected chi connectivity index (χ4v) is 8.12. The highest BCUT2D eigenvalue weighted by atomic mass is 16.5. The van der Waals surface area contributed by atoms with Gasteiger partial charge < -0.3 is 9.47 Å². The van der Waals surface area contributed by atoms with Crippen LogP contribution in [-0.2, 0) is 16.7 Å². The summed E-state index contributed by atoms with van der Waals surface area (Å²) in [4.78, 5) is 0. The normalized spacial score (nSPS) is 30.7. The van der Waals surface area contributed by atoms with Crippen LogP contribution in [0.1, 0.15) is 39.8 Å². The van der Waals surface area contributed by atoms with Crippen LogP contribution in [0.4, 0.5) is 0 Å². The Balaban J connectivity index is 1.35. The summed E-state index contributed by atoms with van der Waals surface area (Å²) >= 11 is 0. The van der Waals surface area contributed by atoms with Crippen molar-refractivity contribution in [3.8, 4) is 22.8 Å². The minimum absolute atomic E-state index is 0.165. The van der Waals surface area contributed by atoms with Gasteiger partial charge in [-0.3, -0.25) is 0 Å². The average Bonchev–Trinajstić information content (AvgIpc) is 3.09. The van der Waals surface area contributed by atoms with Gasteiger partial charge in [0.2, 0.25) is 17.8 Å². The lowest BCUT2D eigenvalue weighted by Gasteiger charge is -2.17. The van der Waals surface area contributed by atoms with E-state index in [4.69, 9.17) is 9.47 Å². The van der Waals surface area contributed by atoms with Crippen LogP contribution in [0.5, 0.6) is 11.5 Å². The topological polar surface area (TPSA) is 25.3 Å². The van der Waals surface area contributed by atoms with E-state index >= 15 is 0 Å². The molecule has 1 aromatic heterocycles. The van der Waals surface area contributed by atoms with Gasteiger partial charge in [-0.25, -0.2) is 0 Å². The van der Waals surface area contributed by atoms with Crippen LogP contribution in [0, 0.1) is 0 Å². The van der Waals surface area contributed by atoms with Crippen LogP contribution < -0.4 is 9.30 Å². The number of nitrogens with zero attached hydrogens (tertiary/aromatic N) is 2. The zero-order valence-corrected chi connectivity index (χ0v) is 18.3. The Bertz CT molecular complexity index is 1690. The maximum atomic E-state index is 6.83. The second kappa shape index (κ2) is 5.10. The number of benzene rings is 3. The van der Waals surface area contributed by atoms with Gasteiger partial charge >= 0.3 is 5.90 Å². The number of fused-ring (bicyclic) bond motifs is 8. The van der Waals surface area contributed by atoms with Gasteiger partial charge in [0.25, 0.3) is 5.54 Å². The Morgan fingerprint density at radius 2 is 1.68 bits per heavy atom. The van der Waals surface area contributed by atoms with Crippen molar-refractivity contribution < 1.29 is 18.6 Å². The molecule has 6 aliphatic rings. The molecule has 4 aromatic rings. The maximum absolute atomic E-state index is 6.83. The number of hydrogen-bond acceptors (Lipinski definition) is 2. The van der Waals surface area contributed by atoms with Crippen LogP contribution in [-0.4, -0.2) is 22.6 Å². The number of aromatic nitrogens is 1. The van der Waals surface area contributed by atoms with Crippen LogP contribution >= 0.6 is 0 Å². The van der Waals surface area contributed by atoms with Gasteiger partial charge in [-0.05, 0) is 35.9 Å². The molecule has 0 N–H and O–H groups in total. The predicted octanol–water partition coefficient (Wildman–Crippen LogP) is 4.44. The maximum Gasteiger partial charge on any atom is 0.372 e. The van der Waals surface area contributed by atoms with Gasteiger partial charge in [-0.15, -0.1) is 0 Å². The molecule has 34 heavy (non-hydrogen) atoms. The highest BCUT2D eigenvalue weighted by Crippen LogP contribution is 2.72. The van der Waals surface area contributed by atoms with Crippen molar-refractivity contribution in [2.45, 2.75) is 36.1 Å². The third kappa shape index (κ3) is 1.53. The van der Waals surface area contributed by atoms with Crippen LogP contribution in [0.3, 0.4) is 0 Å². The van der Waals surface area contributed by atoms with Crippen molar-refractivity contribution >= 4 is 5.90 Å². The highest BCUT2D eigenvalue weighted by molar-refractivity contribution is 5.96. The molecule has 4 heteroatoms. The quantitative estimate of drug-likeness (QED) is 0.378. The first-order chi connectivity index (χ1) is 16.9. The number of pyridine rings is 1. The Morgan fingerprint density at radius 3 is 2.65 bits per heavy atom. The van der Waals surface area contributed by atoms with E-state index in [1.807, 2.05) is 0 Å². The van der Waals surface area contributed by atoms with Gasteiger partial charge in [0, 0.05) is 29.7 Å². The average molecular weight is 441 g/mol. The lowest BCUT2D eigenvalue weighted by Crippen LogP contribution is -2.49. The summed E-state index contributed by atoms with van der Waals surface area (Å²) < 4.78 is 18.7. The second-order valence-electron chi connectivity index (χ2n) is 10.4. The van der Waals surface area contributed by atoms with Crippen molar-refractivity contribution in [1.29, 1.82) is 0 Å². The molecular formula is C30H20N2O2+2. The summed E-state index contributed by atoms with van der Waals surface area (Å²) in [6.07, 6.45) is 3.42. The molecule has 0 radical (unpaired) electrons. The van der Waals surface area contributed by atoms with E-state index < -0.39 is 0 Å². The Labute approximate surface area is 196 Å². The number of rotatable bonds is 0. The lowest BCUT2D eigenvalue weighted by molar-refractivity contribution is -0.738. The van der Waals surface area contributed by atoms with Gasteiger partial charge in [-0.1, -0.05) is 36.4 Å². The summed E-state index contributed by atoms with van der Waals surface area (Å²) in [6.45, 7) is 0. The molecular weight excluding hydrogens is 420 g/mol. The van der Waals surface area contributed by atoms with Crippen molar-refractivity contribution in [2.75, 3.05) is 0 Å². The molecule has 2 aliphatic carbocycles.